The highest BCUT2D eigenvalue weighted by Gasteiger charge is 2.21. The van der Waals surface area contributed by atoms with E-state index >= 15 is 0 Å². The maximum absolute atomic E-state index is 14.1. The van der Waals surface area contributed by atoms with E-state index in [1.54, 1.807) is 0 Å². The minimum atomic E-state index is -4.91. The number of hydrogen-bond donors (Lipinski definition) is 2. The predicted octanol–water partition coefficient (Wildman–Crippen LogP) is 3.40. The highest BCUT2D eigenvalue weighted by molar-refractivity contribution is 9.10. The highest BCUT2D eigenvalue weighted by atomic mass is 79.9. The summed E-state index contributed by atoms with van der Waals surface area (Å²) in [5, 5.41) is 0. The molecule has 0 radical (unpaired) electrons. The summed E-state index contributed by atoms with van der Waals surface area (Å²) in [4.78, 5) is 4.13. The van der Waals surface area contributed by atoms with E-state index in [0.29, 0.717) is 0 Å². The molecule has 1 aromatic heterocycles. The maximum atomic E-state index is 14.1. The van der Waals surface area contributed by atoms with Crippen molar-refractivity contribution in [2.45, 2.75) is 0 Å². The van der Waals surface area contributed by atoms with Gasteiger partial charge >= 0.3 is 20.8 Å². The van der Waals surface area contributed by atoms with E-state index in [4.69, 9.17) is 13.5 Å². The van der Waals surface area contributed by atoms with Crippen molar-refractivity contribution in [3.05, 3.63) is 46.7 Å². The van der Waals surface area contributed by atoms with E-state index in [9.17, 15) is 21.2 Å². The molecular formula is C15H9BrFNO9S2. The van der Waals surface area contributed by atoms with E-state index in [2.05, 4.69) is 35.9 Å². The zero-order chi connectivity index (χ0) is 21.6. The van der Waals surface area contributed by atoms with Gasteiger partial charge < -0.3 is 12.8 Å². The van der Waals surface area contributed by atoms with Gasteiger partial charge in [0.05, 0.1) is 4.47 Å². The number of fused-ring (bicyclic) bond motifs is 1. The van der Waals surface area contributed by atoms with Crippen molar-refractivity contribution in [2.24, 2.45) is 0 Å². The molecule has 0 aliphatic rings. The van der Waals surface area contributed by atoms with E-state index in [-0.39, 0.29) is 38.3 Å². The smallest absolute Gasteiger partial charge is 0.435 e. The first kappa shape index (κ1) is 21.2. The first-order chi connectivity index (χ1) is 13.4. The Labute approximate surface area is 171 Å². The van der Waals surface area contributed by atoms with Crippen LogP contribution in [0.2, 0.25) is 0 Å². The molecular weight excluding hydrogens is 501 g/mol. The Bertz CT molecular complexity index is 1350. The minimum Gasteiger partial charge on any atom is -0.435 e. The Morgan fingerprint density at radius 3 is 2.28 bits per heavy atom. The lowest BCUT2D eigenvalue weighted by atomic mass is 10.2. The van der Waals surface area contributed by atoms with Gasteiger partial charge in [-0.15, -0.1) is 0 Å². The van der Waals surface area contributed by atoms with Crippen LogP contribution in [0.4, 0.5) is 4.39 Å². The van der Waals surface area contributed by atoms with Crippen LogP contribution in [0.3, 0.4) is 0 Å². The minimum absolute atomic E-state index is 0.0255. The lowest BCUT2D eigenvalue weighted by Gasteiger charge is -2.05. The predicted molar refractivity (Wildman–Crippen MR) is 102 cm³/mol. The van der Waals surface area contributed by atoms with Crippen LogP contribution in [0.15, 0.2) is 39.7 Å². The molecule has 3 aromatic rings. The van der Waals surface area contributed by atoms with Gasteiger partial charge in [-0.2, -0.15) is 16.8 Å². The molecule has 0 atom stereocenters. The molecule has 2 N–H and O–H groups in total. The fourth-order valence-corrected chi connectivity index (χ4v) is 3.61. The second kappa shape index (κ2) is 7.38. The summed E-state index contributed by atoms with van der Waals surface area (Å²) < 4.78 is 89.2. The van der Waals surface area contributed by atoms with E-state index in [1.165, 1.54) is 18.2 Å². The number of hydrogen-bond acceptors (Lipinski definition) is 8. The average molecular weight is 510 g/mol. The fraction of sp³-hybridized carbons (Fsp3) is 0. The van der Waals surface area contributed by atoms with Crippen LogP contribution >= 0.6 is 15.9 Å². The number of nitrogens with zero attached hydrogens (tertiary/aromatic N) is 1. The zero-order valence-electron chi connectivity index (χ0n) is 13.9. The van der Waals surface area contributed by atoms with E-state index in [0.717, 1.165) is 12.1 Å². The monoisotopic (exact) mass is 509 g/mol. The second-order valence-corrected chi connectivity index (χ2v) is 8.18. The SMILES string of the molecule is C=Cc1cc(OS(=O)(=O)O)c(Br)c2nc(-c3ccc(OS(=O)(=O)O)c(F)c3)oc12. The topological polar surface area (TPSA) is 153 Å². The van der Waals surface area contributed by atoms with Crippen LogP contribution in [0, 0.1) is 5.82 Å². The molecule has 2 aromatic carbocycles. The molecule has 29 heavy (non-hydrogen) atoms. The molecule has 1 heterocycles. The molecule has 0 spiro atoms. The van der Waals surface area contributed by atoms with Gasteiger partial charge in [0.1, 0.15) is 5.52 Å². The number of aromatic nitrogens is 1. The molecule has 0 bridgehead atoms. The summed E-state index contributed by atoms with van der Waals surface area (Å²) in [6, 6.07) is 4.21. The summed E-state index contributed by atoms with van der Waals surface area (Å²) in [7, 11) is -9.73. The molecule has 0 fully saturated rings. The molecule has 3 rings (SSSR count). The normalized spacial score (nSPS) is 12.1. The molecule has 0 aliphatic heterocycles. The van der Waals surface area contributed by atoms with Gasteiger partial charge in [-0.05, 0) is 40.2 Å². The Morgan fingerprint density at radius 2 is 1.72 bits per heavy atom. The third-order valence-corrected chi connectivity index (χ3v) is 4.94. The third kappa shape index (κ3) is 4.73. The van der Waals surface area contributed by atoms with Crippen LogP contribution in [-0.2, 0) is 20.8 Å². The van der Waals surface area contributed by atoms with E-state index < -0.39 is 32.4 Å². The van der Waals surface area contributed by atoms with E-state index in [1.807, 2.05) is 0 Å². The van der Waals surface area contributed by atoms with Gasteiger partial charge in [-0.1, -0.05) is 12.7 Å². The molecule has 0 saturated carbocycles. The average Bonchev–Trinajstić information content (AvgIpc) is 3.02. The quantitative estimate of drug-likeness (QED) is 0.472. The molecule has 0 unspecified atom stereocenters. The number of halogens is 2. The van der Waals surface area contributed by atoms with Gasteiger partial charge in [-0.25, -0.2) is 9.37 Å². The van der Waals surface area contributed by atoms with Gasteiger partial charge in [0.15, 0.2) is 22.9 Å². The molecule has 10 nitrogen and oxygen atoms in total. The standard InChI is InChI=1S/C15H9BrFNO9S2/c1-2-7-6-11(27-29(22,23)24)12(16)13-14(7)25-15(18-13)8-3-4-10(9(17)5-8)26-28(19,20)21/h2-6H,1H2,(H,19,20,21)(H,22,23,24). The number of benzene rings is 2. The lowest BCUT2D eigenvalue weighted by molar-refractivity contribution is 0.376. The van der Waals surface area contributed by atoms with Crippen LogP contribution in [0.5, 0.6) is 11.5 Å². The van der Waals surface area contributed by atoms with Gasteiger partial charge in [0.25, 0.3) is 0 Å². The Balaban J connectivity index is 2.13. The van der Waals surface area contributed by atoms with Crippen molar-refractivity contribution in [3.63, 3.8) is 0 Å². The molecule has 0 aliphatic carbocycles. The molecule has 14 heteroatoms. The van der Waals surface area contributed by atoms with Crippen molar-refractivity contribution in [1.82, 2.24) is 4.98 Å². The summed E-state index contributed by atoms with van der Waals surface area (Å²) in [5.41, 5.74) is 0.547. The van der Waals surface area contributed by atoms with Crippen molar-refractivity contribution in [1.29, 1.82) is 0 Å². The first-order valence-electron chi connectivity index (χ1n) is 7.27. The first-order valence-corrected chi connectivity index (χ1v) is 10.8. The van der Waals surface area contributed by atoms with Gasteiger partial charge in [-0.3, -0.25) is 9.11 Å². The van der Waals surface area contributed by atoms with Gasteiger partial charge in [0.2, 0.25) is 5.89 Å². The summed E-state index contributed by atoms with van der Waals surface area (Å²) in [6.07, 6.45) is 1.31. The summed E-state index contributed by atoms with van der Waals surface area (Å²) in [5.74, 6) is -2.28. The third-order valence-electron chi connectivity index (χ3n) is 3.39. The Kier molecular flexibility index (Phi) is 5.40. The maximum Gasteiger partial charge on any atom is 0.446 e. The Hall–Kier alpha value is -2.52. The van der Waals surface area contributed by atoms with Crippen LogP contribution in [0.25, 0.3) is 28.6 Å². The highest BCUT2D eigenvalue weighted by Crippen LogP contribution is 2.39. The van der Waals surface area contributed by atoms with Crippen molar-refractivity contribution < 1.29 is 43.1 Å². The van der Waals surface area contributed by atoms with Crippen molar-refractivity contribution in [3.8, 4) is 23.0 Å². The fourth-order valence-electron chi connectivity index (χ4n) is 2.32. The largest absolute Gasteiger partial charge is 0.446 e. The number of rotatable bonds is 6. The zero-order valence-corrected chi connectivity index (χ0v) is 17.1. The van der Waals surface area contributed by atoms with Gasteiger partial charge in [0, 0.05) is 11.1 Å². The van der Waals surface area contributed by atoms with Crippen LogP contribution in [0.1, 0.15) is 5.56 Å². The van der Waals surface area contributed by atoms with Crippen molar-refractivity contribution in [2.75, 3.05) is 0 Å². The lowest BCUT2D eigenvalue weighted by Crippen LogP contribution is -2.07. The summed E-state index contributed by atoms with van der Waals surface area (Å²) in [6.45, 7) is 3.56. The Morgan fingerprint density at radius 1 is 1.10 bits per heavy atom. The molecule has 0 saturated heterocycles. The second-order valence-electron chi connectivity index (χ2n) is 5.35. The van der Waals surface area contributed by atoms with Crippen LogP contribution in [-0.4, -0.2) is 30.9 Å². The summed E-state index contributed by atoms with van der Waals surface area (Å²) >= 11 is 3.10. The molecule has 154 valence electrons. The van der Waals surface area contributed by atoms with Crippen molar-refractivity contribution >= 4 is 53.9 Å². The molecule has 0 amide bonds. The number of oxazole rings is 1. The van der Waals surface area contributed by atoms with Crippen LogP contribution < -0.4 is 8.37 Å².